The fourth-order valence-electron chi connectivity index (χ4n) is 6.64. The molecular formula is C24H40O2. The highest BCUT2D eigenvalue weighted by Crippen LogP contribution is 2.44. The molecule has 0 aliphatic heterocycles. The number of hydrogen-bond acceptors (Lipinski definition) is 2. The lowest BCUT2D eigenvalue weighted by Crippen LogP contribution is -2.27. The van der Waals surface area contributed by atoms with Crippen molar-refractivity contribution in [2.45, 2.75) is 103 Å². The summed E-state index contributed by atoms with van der Waals surface area (Å²) >= 11 is 0. The molecule has 0 amide bonds. The molecule has 4 saturated carbocycles. The van der Waals surface area contributed by atoms with Crippen molar-refractivity contribution < 1.29 is 9.59 Å². The van der Waals surface area contributed by atoms with E-state index in [1.807, 2.05) is 0 Å². The van der Waals surface area contributed by atoms with E-state index in [4.69, 9.17) is 0 Å². The zero-order valence-corrected chi connectivity index (χ0v) is 16.7. The lowest BCUT2D eigenvalue weighted by molar-refractivity contribution is -0.109. The maximum atomic E-state index is 10.4. The Morgan fingerprint density at radius 1 is 0.500 bits per heavy atom. The van der Waals surface area contributed by atoms with Crippen LogP contribution in [-0.4, -0.2) is 12.6 Å². The first-order chi connectivity index (χ1) is 12.8. The first-order valence-corrected chi connectivity index (χ1v) is 11.7. The minimum Gasteiger partial charge on any atom is -0.303 e. The van der Waals surface area contributed by atoms with Gasteiger partial charge in [0.15, 0.2) is 0 Å². The fraction of sp³-hybridized carbons (Fsp3) is 0.917. The van der Waals surface area contributed by atoms with E-state index >= 15 is 0 Å². The molecule has 6 atom stereocenters. The van der Waals surface area contributed by atoms with Crippen molar-refractivity contribution in [3.05, 3.63) is 0 Å². The van der Waals surface area contributed by atoms with E-state index in [9.17, 15) is 9.59 Å². The Hall–Kier alpha value is -0.660. The van der Waals surface area contributed by atoms with Crippen molar-refractivity contribution in [2.75, 3.05) is 0 Å². The van der Waals surface area contributed by atoms with E-state index in [-0.39, 0.29) is 0 Å². The number of carbonyl (C=O) groups is 2. The summed E-state index contributed by atoms with van der Waals surface area (Å²) in [5.41, 5.74) is 0. The Kier molecular flexibility index (Phi) is 8.20. The number of rotatable bonds is 4. The summed E-state index contributed by atoms with van der Waals surface area (Å²) in [4.78, 5) is 20.9. The van der Waals surface area contributed by atoms with E-state index in [0.717, 1.165) is 60.9 Å². The normalized spacial score (nSPS) is 39.5. The Bertz CT molecular complexity index is 392. The quantitative estimate of drug-likeness (QED) is 0.546. The molecule has 0 bridgehead atoms. The van der Waals surface area contributed by atoms with E-state index in [0.29, 0.717) is 0 Å². The molecule has 4 rings (SSSR count). The first-order valence-electron chi connectivity index (χ1n) is 11.7. The van der Waals surface area contributed by atoms with E-state index < -0.39 is 0 Å². The molecule has 4 aliphatic rings. The van der Waals surface area contributed by atoms with Crippen molar-refractivity contribution in [1.82, 2.24) is 0 Å². The molecule has 0 heterocycles. The third-order valence-corrected chi connectivity index (χ3v) is 8.16. The van der Waals surface area contributed by atoms with Gasteiger partial charge in [0.05, 0.1) is 0 Å². The molecule has 0 spiro atoms. The molecule has 4 fully saturated rings. The van der Waals surface area contributed by atoms with Crippen LogP contribution in [0.3, 0.4) is 0 Å². The maximum absolute atomic E-state index is 10.4. The fourth-order valence-corrected chi connectivity index (χ4v) is 6.64. The minimum atomic E-state index is 0.733. The van der Waals surface area contributed by atoms with Crippen molar-refractivity contribution in [3.8, 4) is 0 Å². The van der Waals surface area contributed by atoms with Crippen molar-refractivity contribution in [2.24, 2.45) is 35.5 Å². The van der Waals surface area contributed by atoms with Gasteiger partial charge in [-0.05, 0) is 74.0 Å². The highest BCUT2D eigenvalue weighted by atomic mass is 16.1. The molecule has 2 unspecified atom stereocenters. The summed E-state index contributed by atoms with van der Waals surface area (Å²) in [6, 6.07) is 0. The van der Waals surface area contributed by atoms with Crippen molar-refractivity contribution in [3.63, 3.8) is 0 Å². The van der Waals surface area contributed by atoms with E-state index in [1.54, 1.807) is 0 Å². The SMILES string of the molecule is O=CCC1CC[C@H]2CCCC[C@@H]2C1.O=CCC1CC[C@H]2CCCC[C@H]2C1. The Morgan fingerprint density at radius 3 is 1.27 bits per heavy atom. The topological polar surface area (TPSA) is 34.1 Å². The number of fused-ring (bicyclic) bond motifs is 2. The largest absolute Gasteiger partial charge is 0.303 e. The van der Waals surface area contributed by atoms with Crippen LogP contribution in [0.15, 0.2) is 0 Å². The van der Waals surface area contributed by atoms with Gasteiger partial charge in [0.2, 0.25) is 0 Å². The van der Waals surface area contributed by atoms with E-state index in [1.165, 1.54) is 89.9 Å². The second kappa shape index (κ2) is 10.6. The van der Waals surface area contributed by atoms with Crippen molar-refractivity contribution in [1.29, 1.82) is 0 Å². The number of hydrogen-bond donors (Lipinski definition) is 0. The summed E-state index contributed by atoms with van der Waals surface area (Å²) in [5.74, 6) is 5.47. The molecule has 0 saturated heterocycles. The van der Waals surface area contributed by atoms with E-state index in [2.05, 4.69) is 0 Å². The highest BCUT2D eigenvalue weighted by molar-refractivity contribution is 5.50. The molecule has 26 heavy (non-hydrogen) atoms. The van der Waals surface area contributed by atoms with Crippen LogP contribution in [0.5, 0.6) is 0 Å². The van der Waals surface area contributed by atoms with Gasteiger partial charge < -0.3 is 9.59 Å². The first kappa shape index (κ1) is 20.1. The van der Waals surface area contributed by atoms with Crippen LogP contribution in [0.2, 0.25) is 0 Å². The Morgan fingerprint density at radius 2 is 0.885 bits per heavy atom. The summed E-state index contributed by atoms with van der Waals surface area (Å²) in [5, 5.41) is 0. The minimum absolute atomic E-state index is 0.733. The summed E-state index contributed by atoms with van der Waals surface area (Å²) in [6.45, 7) is 0. The Balaban J connectivity index is 0.000000151. The zero-order chi connectivity index (χ0) is 18.2. The van der Waals surface area contributed by atoms with Gasteiger partial charge in [-0.25, -0.2) is 0 Å². The van der Waals surface area contributed by atoms with Crippen LogP contribution in [0, 0.1) is 35.5 Å². The van der Waals surface area contributed by atoms with Gasteiger partial charge in [-0.15, -0.1) is 0 Å². The van der Waals surface area contributed by atoms with Crippen LogP contribution < -0.4 is 0 Å². The Labute approximate surface area is 160 Å². The van der Waals surface area contributed by atoms with Crippen LogP contribution in [0.25, 0.3) is 0 Å². The third kappa shape index (κ3) is 5.67. The van der Waals surface area contributed by atoms with Gasteiger partial charge in [0.25, 0.3) is 0 Å². The predicted octanol–water partition coefficient (Wildman–Crippen LogP) is 6.36. The summed E-state index contributed by atoms with van der Waals surface area (Å²) in [7, 11) is 0. The molecule has 4 aliphatic carbocycles. The average molecular weight is 361 g/mol. The second-order valence-electron chi connectivity index (χ2n) is 9.77. The average Bonchev–Trinajstić information content (AvgIpc) is 2.69. The molecule has 0 N–H and O–H groups in total. The molecule has 2 heteroatoms. The maximum Gasteiger partial charge on any atom is 0.120 e. The van der Waals surface area contributed by atoms with Crippen LogP contribution in [0.1, 0.15) is 103 Å². The van der Waals surface area contributed by atoms with Gasteiger partial charge in [0, 0.05) is 12.8 Å². The van der Waals surface area contributed by atoms with Gasteiger partial charge in [-0.3, -0.25) is 0 Å². The predicted molar refractivity (Wildman–Crippen MR) is 107 cm³/mol. The van der Waals surface area contributed by atoms with Crippen LogP contribution >= 0.6 is 0 Å². The summed E-state index contributed by atoms with van der Waals surface area (Å²) < 4.78 is 0. The van der Waals surface area contributed by atoms with Gasteiger partial charge >= 0.3 is 0 Å². The number of carbonyl (C=O) groups excluding carboxylic acids is 2. The molecule has 0 radical (unpaired) electrons. The molecule has 2 nitrogen and oxygen atoms in total. The smallest absolute Gasteiger partial charge is 0.120 e. The molecule has 0 aromatic heterocycles. The molecular weight excluding hydrogens is 320 g/mol. The van der Waals surface area contributed by atoms with Crippen LogP contribution in [0.4, 0.5) is 0 Å². The molecule has 148 valence electrons. The lowest BCUT2D eigenvalue weighted by atomic mass is 9.67. The van der Waals surface area contributed by atoms with Gasteiger partial charge in [-0.1, -0.05) is 51.4 Å². The molecule has 0 aromatic carbocycles. The summed E-state index contributed by atoms with van der Waals surface area (Å²) in [6.07, 6.45) is 23.7. The molecule has 0 aromatic rings. The standard InChI is InChI=1S/2C12H20O/c2*13-8-7-10-5-6-11-3-1-2-4-12(11)9-10/h2*8,10-12H,1-7,9H2/t10?,11-,12+;10?,11-,12-/m11/s1. The third-order valence-electron chi connectivity index (χ3n) is 8.16. The second-order valence-corrected chi connectivity index (χ2v) is 9.77. The monoisotopic (exact) mass is 360 g/mol. The zero-order valence-electron chi connectivity index (χ0n) is 16.7. The van der Waals surface area contributed by atoms with Gasteiger partial charge in [-0.2, -0.15) is 0 Å². The number of aldehydes is 2. The van der Waals surface area contributed by atoms with Gasteiger partial charge in [0.1, 0.15) is 12.6 Å². The van der Waals surface area contributed by atoms with Crippen LogP contribution in [-0.2, 0) is 9.59 Å². The van der Waals surface area contributed by atoms with Crippen molar-refractivity contribution >= 4 is 12.6 Å². The highest BCUT2D eigenvalue weighted by Gasteiger charge is 2.32. The lowest BCUT2D eigenvalue weighted by Gasteiger charge is -2.38.